The van der Waals surface area contributed by atoms with Crippen molar-refractivity contribution in [3.63, 3.8) is 0 Å². The number of halogens is 1. The first kappa shape index (κ1) is 17.4. The van der Waals surface area contributed by atoms with Crippen molar-refractivity contribution in [2.24, 2.45) is 4.99 Å². The van der Waals surface area contributed by atoms with E-state index in [1.807, 2.05) is 0 Å². The first-order valence-corrected chi connectivity index (χ1v) is 5.20. The molecular weight excluding hydrogens is 305 g/mol. The molecule has 0 saturated heterocycles. The van der Waals surface area contributed by atoms with E-state index in [9.17, 15) is 0 Å². The molecule has 15 heavy (non-hydrogen) atoms. The summed E-state index contributed by atoms with van der Waals surface area (Å²) in [6.07, 6.45) is 2.09. The van der Waals surface area contributed by atoms with Gasteiger partial charge in [-0.25, -0.2) is 0 Å². The summed E-state index contributed by atoms with van der Waals surface area (Å²) < 4.78 is 4.96. The highest BCUT2D eigenvalue weighted by molar-refractivity contribution is 14.0. The predicted octanol–water partition coefficient (Wildman–Crippen LogP) is 1.60. The van der Waals surface area contributed by atoms with Crippen LogP contribution in [0.4, 0.5) is 0 Å². The Kier molecular flexibility index (Phi) is 13.9. The minimum Gasteiger partial charge on any atom is -0.385 e. The van der Waals surface area contributed by atoms with E-state index in [1.54, 1.807) is 14.2 Å². The average Bonchev–Trinajstić information content (AvgIpc) is 2.22. The Morgan fingerprint density at radius 3 is 2.60 bits per heavy atom. The van der Waals surface area contributed by atoms with Crippen molar-refractivity contribution in [1.82, 2.24) is 10.6 Å². The maximum atomic E-state index is 4.96. The van der Waals surface area contributed by atoms with Crippen LogP contribution < -0.4 is 10.6 Å². The standard InChI is InChI=1S/C10H23N3O.HI/c1-5-9(2)13-10(11-3)12-7-6-8-14-4;/h9H,5-8H2,1-4H3,(H2,11,12,13);1H. The largest absolute Gasteiger partial charge is 0.385 e. The van der Waals surface area contributed by atoms with E-state index in [4.69, 9.17) is 4.74 Å². The lowest BCUT2D eigenvalue weighted by Gasteiger charge is -2.16. The van der Waals surface area contributed by atoms with E-state index >= 15 is 0 Å². The first-order valence-electron chi connectivity index (χ1n) is 5.20. The van der Waals surface area contributed by atoms with Crippen LogP contribution in [-0.4, -0.2) is 39.3 Å². The molecule has 0 fully saturated rings. The monoisotopic (exact) mass is 329 g/mol. The van der Waals surface area contributed by atoms with Crippen LogP contribution in [-0.2, 0) is 4.74 Å². The molecule has 0 radical (unpaired) electrons. The summed E-state index contributed by atoms with van der Waals surface area (Å²) in [5, 5.41) is 6.52. The molecule has 0 aliphatic heterocycles. The maximum Gasteiger partial charge on any atom is 0.191 e. The minimum atomic E-state index is 0. The number of hydrogen-bond donors (Lipinski definition) is 2. The molecule has 0 saturated carbocycles. The van der Waals surface area contributed by atoms with Crippen LogP contribution in [0, 0.1) is 0 Å². The molecule has 0 aromatic rings. The predicted molar refractivity (Wildman–Crippen MR) is 76.2 cm³/mol. The van der Waals surface area contributed by atoms with Crippen LogP contribution in [0.2, 0.25) is 0 Å². The maximum absolute atomic E-state index is 4.96. The Labute approximate surface area is 110 Å². The van der Waals surface area contributed by atoms with Gasteiger partial charge in [0.15, 0.2) is 5.96 Å². The van der Waals surface area contributed by atoms with E-state index in [-0.39, 0.29) is 24.0 Å². The molecule has 1 unspecified atom stereocenters. The second-order valence-corrected chi connectivity index (χ2v) is 3.30. The molecule has 0 aromatic heterocycles. The number of nitrogens with zero attached hydrogens (tertiary/aromatic N) is 1. The minimum absolute atomic E-state index is 0. The third-order valence-corrected chi connectivity index (χ3v) is 2.04. The summed E-state index contributed by atoms with van der Waals surface area (Å²) >= 11 is 0. The Bertz CT molecular complexity index is 165. The highest BCUT2D eigenvalue weighted by Crippen LogP contribution is 1.87. The van der Waals surface area contributed by atoms with Gasteiger partial charge in [-0.1, -0.05) is 6.92 Å². The fraction of sp³-hybridized carbons (Fsp3) is 0.900. The molecule has 0 aromatic carbocycles. The van der Waals surface area contributed by atoms with Gasteiger partial charge in [0.2, 0.25) is 0 Å². The third-order valence-electron chi connectivity index (χ3n) is 2.04. The van der Waals surface area contributed by atoms with Gasteiger partial charge in [0.1, 0.15) is 0 Å². The fourth-order valence-corrected chi connectivity index (χ4v) is 0.953. The smallest absolute Gasteiger partial charge is 0.191 e. The molecule has 0 bridgehead atoms. The zero-order valence-electron chi connectivity index (χ0n) is 10.2. The summed E-state index contributed by atoms with van der Waals surface area (Å²) in [7, 11) is 3.50. The second-order valence-electron chi connectivity index (χ2n) is 3.30. The van der Waals surface area contributed by atoms with Gasteiger partial charge in [-0.05, 0) is 19.8 Å². The number of ether oxygens (including phenoxy) is 1. The molecule has 5 heteroatoms. The zero-order chi connectivity index (χ0) is 10.8. The molecule has 1 atom stereocenters. The van der Waals surface area contributed by atoms with Crippen LogP contribution in [0.3, 0.4) is 0 Å². The molecule has 92 valence electrons. The van der Waals surface area contributed by atoms with E-state index < -0.39 is 0 Å². The van der Waals surface area contributed by atoms with Crippen molar-refractivity contribution < 1.29 is 4.74 Å². The van der Waals surface area contributed by atoms with E-state index in [1.165, 1.54) is 0 Å². The van der Waals surface area contributed by atoms with Crippen molar-refractivity contribution >= 4 is 29.9 Å². The lowest BCUT2D eigenvalue weighted by atomic mass is 10.3. The number of nitrogens with one attached hydrogen (secondary N) is 2. The van der Waals surface area contributed by atoms with Crippen LogP contribution >= 0.6 is 24.0 Å². The van der Waals surface area contributed by atoms with Gasteiger partial charge in [-0.3, -0.25) is 4.99 Å². The quantitative estimate of drug-likeness (QED) is 0.337. The summed E-state index contributed by atoms with van der Waals surface area (Å²) in [6, 6.07) is 0.462. The molecular formula is C10H24IN3O. The van der Waals surface area contributed by atoms with Gasteiger partial charge in [0, 0.05) is 33.4 Å². The molecule has 0 rings (SSSR count). The molecule has 0 aliphatic rings. The number of rotatable bonds is 6. The fourth-order valence-electron chi connectivity index (χ4n) is 0.953. The van der Waals surface area contributed by atoms with Crippen molar-refractivity contribution in [3.05, 3.63) is 0 Å². The lowest BCUT2D eigenvalue weighted by molar-refractivity contribution is 0.195. The summed E-state index contributed by atoms with van der Waals surface area (Å²) in [6.45, 7) is 5.97. The van der Waals surface area contributed by atoms with Crippen LogP contribution in [0.1, 0.15) is 26.7 Å². The van der Waals surface area contributed by atoms with Gasteiger partial charge in [0.05, 0.1) is 0 Å². The van der Waals surface area contributed by atoms with E-state index in [0.717, 1.165) is 32.0 Å². The molecule has 0 amide bonds. The number of guanidine groups is 1. The van der Waals surface area contributed by atoms with Crippen molar-refractivity contribution in [3.8, 4) is 0 Å². The van der Waals surface area contributed by atoms with Crippen LogP contribution in [0.5, 0.6) is 0 Å². The van der Waals surface area contributed by atoms with Gasteiger partial charge < -0.3 is 15.4 Å². The van der Waals surface area contributed by atoms with E-state index in [2.05, 4.69) is 29.5 Å². The van der Waals surface area contributed by atoms with Crippen LogP contribution in [0.25, 0.3) is 0 Å². The summed E-state index contributed by atoms with van der Waals surface area (Å²) in [4.78, 5) is 4.13. The summed E-state index contributed by atoms with van der Waals surface area (Å²) in [5.41, 5.74) is 0. The van der Waals surface area contributed by atoms with Gasteiger partial charge in [-0.2, -0.15) is 0 Å². The normalized spacial score (nSPS) is 12.9. The van der Waals surface area contributed by atoms with Crippen molar-refractivity contribution in [2.75, 3.05) is 27.3 Å². The van der Waals surface area contributed by atoms with Gasteiger partial charge in [0.25, 0.3) is 0 Å². The highest BCUT2D eigenvalue weighted by Gasteiger charge is 2.00. The molecule has 0 spiro atoms. The molecule has 4 nitrogen and oxygen atoms in total. The molecule has 0 heterocycles. The Morgan fingerprint density at radius 1 is 1.47 bits per heavy atom. The second kappa shape index (κ2) is 12.0. The number of aliphatic imine (C=N–C) groups is 1. The van der Waals surface area contributed by atoms with Crippen LogP contribution in [0.15, 0.2) is 4.99 Å². The first-order chi connectivity index (χ1) is 6.74. The van der Waals surface area contributed by atoms with Crippen molar-refractivity contribution in [2.45, 2.75) is 32.7 Å². The Hall–Kier alpha value is -0.0400. The average molecular weight is 329 g/mol. The number of hydrogen-bond acceptors (Lipinski definition) is 2. The number of methoxy groups -OCH3 is 1. The molecule has 2 N–H and O–H groups in total. The zero-order valence-corrected chi connectivity index (χ0v) is 12.5. The summed E-state index contributed by atoms with van der Waals surface area (Å²) in [5.74, 6) is 0.871. The van der Waals surface area contributed by atoms with E-state index in [0.29, 0.717) is 6.04 Å². The molecule has 0 aliphatic carbocycles. The van der Waals surface area contributed by atoms with Gasteiger partial charge >= 0.3 is 0 Å². The Balaban J connectivity index is 0. The lowest BCUT2D eigenvalue weighted by Crippen LogP contribution is -2.42. The van der Waals surface area contributed by atoms with Crippen molar-refractivity contribution in [1.29, 1.82) is 0 Å². The Morgan fingerprint density at radius 2 is 2.13 bits per heavy atom. The highest BCUT2D eigenvalue weighted by atomic mass is 127. The van der Waals surface area contributed by atoms with Gasteiger partial charge in [-0.15, -0.1) is 24.0 Å². The SMILES string of the molecule is CCC(C)NC(=NC)NCCCOC.I. The third kappa shape index (κ3) is 10.2. The topological polar surface area (TPSA) is 45.7 Å².